The number of carbonyl (C=O) groups is 3. The maximum Gasteiger partial charge on any atom is 0.338 e. The van der Waals surface area contributed by atoms with E-state index in [9.17, 15) is 19.2 Å². The minimum absolute atomic E-state index is 0.177. The number of rotatable bonds is 9. The Hall–Kier alpha value is -4.31. The van der Waals surface area contributed by atoms with Crippen LogP contribution in [0.3, 0.4) is 0 Å². The Labute approximate surface area is 253 Å². The molecule has 0 fully saturated rings. The number of hydrogen-bond acceptors (Lipinski definition) is 8. The highest BCUT2D eigenvalue weighted by molar-refractivity contribution is 7.07. The second kappa shape index (κ2) is 12.5. The minimum Gasteiger partial charge on any atom is -0.465 e. The number of aromatic nitrogens is 1. The number of benzene rings is 2. The van der Waals surface area contributed by atoms with Crippen molar-refractivity contribution in [2.24, 2.45) is 4.99 Å². The van der Waals surface area contributed by atoms with Gasteiger partial charge < -0.3 is 9.47 Å². The number of thiazole rings is 1. The van der Waals surface area contributed by atoms with Crippen molar-refractivity contribution < 1.29 is 23.9 Å². The first-order valence-corrected chi connectivity index (χ1v) is 15.4. The van der Waals surface area contributed by atoms with Crippen LogP contribution in [0.25, 0.3) is 5.57 Å². The molecule has 3 heterocycles. The Morgan fingerprint density at radius 1 is 0.977 bits per heavy atom. The highest BCUT2D eigenvalue weighted by Gasteiger charge is 2.38. The van der Waals surface area contributed by atoms with E-state index in [4.69, 9.17) is 14.5 Å². The summed E-state index contributed by atoms with van der Waals surface area (Å²) in [5.74, 6) is -1.22. The second-order valence-electron chi connectivity index (χ2n) is 10.6. The monoisotopic (exact) mass is 601 g/mol. The SMILES string of the molecule is CCCC1=C(C(=O)OCC)[C@@H](c2ccc(C(C)C)cc2)n2c(s/c(=C3/C(=O)N(CC(=O)OCC)c4ccccc43)c2=O)=N1. The van der Waals surface area contributed by atoms with Crippen LogP contribution < -0.4 is 19.8 Å². The van der Waals surface area contributed by atoms with E-state index in [1.807, 2.05) is 31.2 Å². The van der Waals surface area contributed by atoms with E-state index in [1.165, 1.54) is 9.47 Å². The number of para-hydroxylation sites is 1. The van der Waals surface area contributed by atoms with E-state index >= 15 is 0 Å². The molecule has 1 aromatic heterocycles. The molecule has 0 aliphatic carbocycles. The van der Waals surface area contributed by atoms with Crippen LogP contribution in [0.5, 0.6) is 0 Å². The molecule has 224 valence electrons. The quantitative estimate of drug-likeness (QED) is 0.344. The molecule has 1 amide bonds. The van der Waals surface area contributed by atoms with Gasteiger partial charge >= 0.3 is 11.9 Å². The Bertz CT molecular complexity index is 1800. The van der Waals surface area contributed by atoms with Crippen LogP contribution in [-0.2, 0) is 23.9 Å². The van der Waals surface area contributed by atoms with Crippen molar-refractivity contribution in [1.82, 2.24) is 4.57 Å². The lowest BCUT2D eigenvalue weighted by atomic mass is 9.92. The molecular weight excluding hydrogens is 566 g/mol. The van der Waals surface area contributed by atoms with Gasteiger partial charge in [-0.15, -0.1) is 0 Å². The van der Waals surface area contributed by atoms with Gasteiger partial charge in [0, 0.05) is 5.56 Å². The van der Waals surface area contributed by atoms with Crippen molar-refractivity contribution in [1.29, 1.82) is 0 Å². The average molecular weight is 602 g/mol. The van der Waals surface area contributed by atoms with E-state index in [1.54, 1.807) is 38.1 Å². The number of hydrogen-bond donors (Lipinski definition) is 0. The maximum absolute atomic E-state index is 14.4. The van der Waals surface area contributed by atoms with E-state index in [0.29, 0.717) is 39.7 Å². The summed E-state index contributed by atoms with van der Waals surface area (Å²) in [6, 6.07) is 14.2. The zero-order chi connectivity index (χ0) is 30.8. The van der Waals surface area contributed by atoms with Gasteiger partial charge in [0.2, 0.25) is 0 Å². The summed E-state index contributed by atoms with van der Waals surface area (Å²) in [6.45, 7) is 9.74. The van der Waals surface area contributed by atoms with Gasteiger partial charge in [0.05, 0.1) is 41.8 Å². The van der Waals surface area contributed by atoms with Gasteiger partial charge in [0.25, 0.3) is 11.5 Å². The highest BCUT2D eigenvalue weighted by Crippen LogP contribution is 2.36. The summed E-state index contributed by atoms with van der Waals surface area (Å²) >= 11 is 1.12. The average Bonchev–Trinajstić information content (AvgIpc) is 3.45. The van der Waals surface area contributed by atoms with Crippen LogP contribution in [0.15, 0.2) is 69.6 Å². The van der Waals surface area contributed by atoms with Crippen LogP contribution in [0, 0.1) is 0 Å². The fourth-order valence-corrected chi connectivity index (χ4v) is 6.65. The number of amides is 1. The summed E-state index contributed by atoms with van der Waals surface area (Å²) in [7, 11) is 0. The molecule has 2 aliphatic heterocycles. The van der Waals surface area contributed by atoms with Gasteiger partial charge in [0.1, 0.15) is 11.1 Å². The number of ether oxygens (including phenoxy) is 2. The summed E-state index contributed by atoms with van der Waals surface area (Å²) in [4.78, 5) is 60.7. The number of nitrogens with zero attached hydrogens (tertiary/aromatic N) is 3. The molecular formula is C33H35N3O6S. The standard InChI is InChI=1S/C33H35N3O6S/c1-6-11-23-27(32(40)42-8-3)28(21-16-14-20(15-17-21)19(4)5)36-31(39)29(43-33(36)34-23)26-22-12-9-10-13-24(22)35(30(26)38)18-25(37)41-7-2/h9-10,12-17,19,28H,6-8,11,18H2,1-5H3/b29-26+/t28-/m1/s1. The Kier molecular flexibility index (Phi) is 8.77. The normalized spacial score (nSPS) is 17.1. The summed E-state index contributed by atoms with van der Waals surface area (Å²) < 4.78 is 12.3. The number of fused-ring (bicyclic) bond motifs is 2. The molecule has 0 saturated carbocycles. The maximum atomic E-state index is 14.4. The molecule has 1 atom stereocenters. The lowest BCUT2D eigenvalue weighted by molar-refractivity contribution is -0.142. The first-order valence-electron chi connectivity index (χ1n) is 14.6. The minimum atomic E-state index is -0.783. The molecule has 2 aliphatic rings. The number of carbonyl (C=O) groups excluding carboxylic acids is 3. The van der Waals surface area contributed by atoms with Crippen molar-refractivity contribution in [3.05, 3.63) is 96.2 Å². The summed E-state index contributed by atoms with van der Waals surface area (Å²) in [5, 5.41) is 0. The third-order valence-corrected chi connectivity index (χ3v) is 8.58. The Balaban J connectivity index is 1.78. The highest BCUT2D eigenvalue weighted by atomic mass is 32.1. The van der Waals surface area contributed by atoms with Gasteiger partial charge in [0.15, 0.2) is 4.80 Å². The fourth-order valence-electron chi connectivity index (χ4n) is 5.54. The van der Waals surface area contributed by atoms with Crippen LogP contribution in [0.2, 0.25) is 0 Å². The number of esters is 2. The molecule has 43 heavy (non-hydrogen) atoms. The zero-order valence-electron chi connectivity index (χ0n) is 25.0. The van der Waals surface area contributed by atoms with Gasteiger partial charge in [-0.25, -0.2) is 9.79 Å². The van der Waals surface area contributed by atoms with Crippen LogP contribution in [0.4, 0.5) is 5.69 Å². The Morgan fingerprint density at radius 3 is 2.33 bits per heavy atom. The lowest BCUT2D eigenvalue weighted by Gasteiger charge is -2.26. The van der Waals surface area contributed by atoms with Crippen molar-refractivity contribution in [2.75, 3.05) is 24.7 Å². The van der Waals surface area contributed by atoms with Gasteiger partial charge in [-0.05, 0) is 43.4 Å². The fraction of sp³-hybridized carbons (Fsp3) is 0.364. The molecule has 0 N–H and O–H groups in total. The summed E-state index contributed by atoms with van der Waals surface area (Å²) in [5.41, 5.74) is 3.62. The molecule has 0 spiro atoms. The van der Waals surface area contributed by atoms with Crippen molar-refractivity contribution >= 4 is 40.4 Å². The first-order chi connectivity index (χ1) is 20.7. The topological polar surface area (TPSA) is 107 Å². The predicted molar refractivity (Wildman–Crippen MR) is 165 cm³/mol. The molecule has 0 bridgehead atoms. The predicted octanol–water partition coefficient (Wildman–Crippen LogP) is 3.98. The molecule has 10 heteroatoms. The van der Waals surface area contributed by atoms with Gasteiger partial charge in [-0.2, -0.15) is 0 Å². The van der Waals surface area contributed by atoms with Crippen LogP contribution >= 0.6 is 11.3 Å². The molecule has 0 unspecified atom stereocenters. The zero-order valence-corrected chi connectivity index (χ0v) is 25.8. The molecule has 0 radical (unpaired) electrons. The van der Waals surface area contributed by atoms with Crippen LogP contribution in [0.1, 0.15) is 76.1 Å². The summed E-state index contributed by atoms with van der Waals surface area (Å²) in [6.07, 6.45) is 1.25. The van der Waals surface area contributed by atoms with Gasteiger partial charge in [-0.3, -0.25) is 23.9 Å². The molecule has 0 saturated heterocycles. The van der Waals surface area contributed by atoms with E-state index in [2.05, 4.69) is 13.8 Å². The molecule has 9 nitrogen and oxygen atoms in total. The van der Waals surface area contributed by atoms with Crippen molar-refractivity contribution in [3.63, 3.8) is 0 Å². The second-order valence-corrected chi connectivity index (χ2v) is 11.6. The third-order valence-electron chi connectivity index (χ3n) is 7.53. The lowest BCUT2D eigenvalue weighted by Crippen LogP contribution is -2.41. The number of allylic oxidation sites excluding steroid dienone is 1. The molecule has 3 aromatic rings. The third kappa shape index (κ3) is 5.47. The van der Waals surface area contributed by atoms with Crippen LogP contribution in [-0.4, -0.2) is 42.2 Å². The van der Waals surface area contributed by atoms with Crippen molar-refractivity contribution in [3.8, 4) is 0 Å². The van der Waals surface area contributed by atoms with E-state index in [0.717, 1.165) is 28.9 Å². The van der Waals surface area contributed by atoms with Gasteiger partial charge in [-0.1, -0.05) is 81.0 Å². The van der Waals surface area contributed by atoms with E-state index in [-0.39, 0.29) is 29.9 Å². The smallest absolute Gasteiger partial charge is 0.338 e. The van der Waals surface area contributed by atoms with Crippen molar-refractivity contribution in [2.45, 2.75) is 59.4 Å². The molecule has 2 aromatic carbocycles. The number of anilines is 1. The largest absolute Gasteiger partial charge is 0.465 e. The first kappa shape index (κ1) is 30.2. The van der Waals surface area contributed by atoms with E-state index < -0.39 is 29.4 Å². The molecule has 5 rings (SSSR count). The Morgan fingerprint density at radius 2 is 1.67 bits per heavy atom.